The number of hydrogen-bond acceptors (Lipinski definition) is 6. The summed E-state index contributed by atoms with van der Waals surface area (Å²) in [5.41, 5.74) is 3.84. The molecule has 1 saturated heterocycles. The van der Waals surface area contributed by atoms with E-state index >= 15 is 0 Å². The van der Waals surface area contributed by atoms with Crippen molar-refractivity contribution in [1.82, 2.24) is 19.8 Å². The number of aromatic nitrogens is 2. The highest BCUT2D eigenvalue weighted by Crippen LogP contribution is 2.25. The van der Waals surface area contributed by atoms with Crippen LogP contribution in [0.4, 0.5) is 0 Å². The Morgan fingerprint density at radius 1 is 1.13 bits per heavy atom. The standard InChI is InChI=1S/C24H28N4O2S/c1-19-3-5-21(6-4-19)23-26-22(18-31-23)24(29)28(17-20-7-9-25-10-8-20)12-2-11-27-13-15-30-16-14-27/h3-10,18H,2,11-17H2,1H3. The molecule has 0 radical (unpaired) electrons. The predicted octanol–water partition coefficient (Wildman–Crippen LogP) is 3.88. The first-order valence-corrected chi connectivity index (χ1v) is 11.6. The van der Waals surface area contributed by atoms with Crippen molar-refractivity contribution in [1.29, 1.82) is 0 Å². The van der Waals surface area contributed by atoms with Crippen LogP contribution in [0.5, 0.6) is 0 Å². The van der Waals surface area contributed by atoms with Crippen LogP contribution in [0.3, 0.4) is 0 Å². The van der Waals surface area contributed by atoms with Crippen LogP contribution < -0.4 is 0 Å². The molecule has 3 aromatic rings. The molecule has 162 valence electrons. The molecule has 1 aromatic carbocycles. The zero-order chi connectivity index (χ0) is 21.5. The number of rotatable bonds is 8. The van der Waals surface area contributed by atoms with Gasteiger partial charge in [0.1, 0.15) is 10.7 Å². The van der Waals surface area contributed by atoms with Crippen LogP contribution in [0.25, 0.3) is 10.6 Å². The summed E-state index contributed by atoms with van der Waals surface area (Å²) < 4.78 is 5.43. The number of nitrogens with zero attached hydrogens (tertiary/aromatic N) is 4. The Balaban J connectivity index is 1.45. The first-order valence-electron chi connectivity index (χ1n) is 10.7. The van der Waals surface area contributed by atoms with Crippen LogP contribution in [0, 0.1) is 6.92 Å². The molecule has 1 amide bonds. The highest BCUT2D eigenvalue weighted by molar-refractivity contribution is 7.13. The van der Waals surface area contributed by atoms with E-state index in [1.807, 2.05) is 22.4 Å². The molecule has 0 N–H and O–H groups in total. The van der Waals surface area contributed by atoms with Gasteiger partial charge in [-0.25, -0.2) is 4.98 Å². The fourth-order valence-electron chi connectivity index (χ4n) is 3.63. The Bertz CT molecular complexity index is 969. The molecule has 0 atom stereocenters. The molecule has 31 heavy (non-hydrogen) atoms. The van der Waals surface area contributed by atoms with E-state index in [-0.39, 0.29) is 5.91 Å². The fourth-order valence-corrected chi connectivity index (χ4v) is 4.43. The summed E-state index contributed by atoms with van der Waals surface area (Å²) >= 11 is 1.52. The van der Waals surface area contributed by atoms with E-state index in [9.17, 15) is 4.79 Å². The molecule has 0 bridgehead atoms. The van der Waals surface area contributed by atoms with Gasteiger partial charge in [-0.1, -0.05) is 29.8 Å². The fraction of sp³-hybridized carbons (Fsp3) is 0.375. The maximum atomic E-state index is 13.4. The SMILES string of the molecule is Cc1ccc(-c2nc(C(=O)N(CCCN3CCOCC3)Cc3ccncc3)cs2)cc1. The maximum Gasteiger partial charge on any atom is 0.273 e. The minimum Gasteiger partial charge on any atom is -0.379 e. The van der Waals surface area contributed by atoms with Crippen molar-refractivity contribution in [3.63, 3.8) is 0 Å². The number of ether oxygens (including phenoxy) is 1. The van der Waals surface area contributed by atoms with Crippen molar-refractivity contribution in [2.24, 2.45) is 0 Å². The monoisotopic (exact) mass is 436 g/mol. The van der Waals surface area contributed by atoms with Crippen LogP contribution >= 0.6 is 11.3 Å². The van der Waals surface area contributed by atoms with E-state index in [4.69, 9.17) is 4.74 Å². The average Bonchev–Trinajstić information content (AvgIpc) is 3.30. The smallest absolute Gasteiger partial charge is 0.273 e. The highest BCUT2D eigenvalue weighted by Gasteiger charge is 2.20. The van der Waals surface area contributed by atoms with Crippen LogP contribution in [-0.2, 0) is 11.3 Å². The lowest BCUT2D eigenvalue weighted by Crippen LogP contribution is -2.39. The Morgan fingerprint density at radius 2 is 1.87 bits per heavy atom. The Labute approximate surface area is 187 Å². The molecule has 0 unspecified atom stereocenters. The highest BCUT2D eigenvalue weighted by atomic mass is 32.1. The van der Waals surface area contributed by atoms with Crippen molar-refractivity contribution in [3.05, 3.63) is 71.0 Å². The number of thiazole rings is 1. The third-order valence-corrected chi connectivity index (χ3v) is 6.33. The van der Waals surface area contributed by atoms with Gasteiger partial charge in [-0.05, 0) is 31.0 Å². The number of hydrogen-bond donors (Lipinski definition) is 0. The Morgan fingerprint density at radius 3 is 2.61 bits per heavy atom. The number of aryl methyl sites for hydroxylation is 1. The minimum atomic E-state index is -0.0200. The molecule has 1 fully saturated rings. The zero-order valence-corrected chi connectivity index (χ0v) is 18.7. The largest absolute Gasteiger partial charge is 0.379 e. The number of amides is 1. The Hall–Kier alpha value is -2.61. The van der Waals surface area contributed by atoms with Crippen LogP contribution in [0.2, 0.25) is 0 Å². The quantitative estimate of drug-likeness (QED) is 0.536. The molecule has 1 aliphatic heterocycles. The maximum absolute atomic E-state index is 13.4. The van der Waals surface area contributed by atoms with Crippen LogP contribution in [-0.4, -0.2) is 65.1 Å². The lowest BCUT2D eigenvalue weighted by molar-refractivity contribution is 0.0355. The predicted molar refractivity (Wildman–Crippen MR) is 123 cm³/mol. The molecule has 2 aromatic heterocycles. The van der Waals surface area contributed by atoms with Gasteiger partial charge in [-0.15, -0.1) is 11.3 Å². The molecule has 0 aliphatic carbocycles. The van der Waals surface area contributed by atoms with E-state index in [0.717, 1.165) is 55.4 Å². The summed E-state index contributed by atoms with van der Waals surface area (Å²) in [6.45, 7) is 7.79. The normalized spacial score (nSPS) is 14.5. The summed E-state index contributed by atoms with van der Waals surface area (Å²) in [5, 5.41) is 2.75. The molecular formula is C24H28N4O2S. The average molecular weight is 437 g/mol. The first-order chi connectivity index (χ1) is 15.2. The molecular weight excluding hydrogens is 408 g/mol. The lowest BCUT2D eigenvalue weighted by Gasteiger charge is -2.28. The molecule has 1 aliphatic rings. The van der Waals surface area contributed by atoms with Gasteiger partial charge in [0.2, 0.25) is 0 Å². The second kappa shape index (κ2) is 10.6. The summed E-state index contributed by atoms with van der Waals surface area (Å²) in [6, 6.07) is 12.2. The Kier molecular flexibility index (Phi) is 7.40. The van der Waals surface area contributed by atoms with E-state index in [1.165, 1.54) is 16.9 Å². The van der Waals surface area contributed by atoms with Gasteiger partial charge < -0.3 is 9.64 Å². The summed E-state index contributed by atoms with van der Waals surface area (Å²) in [5.74, 6) is -0.0200. The second-order valence-corrected chi connectivity index (χ2v) is 8.65. The number of morpholine rings is 1. The number of pyridine rings is 1. The van der Waals surface area contributed by atoms with Crippen molar-refractivity contribution >= 4 is 17.2 Å². The van der Waals surface area contributed by atoms with Crippen LogP contribution in [0.15, 0.2) is 54.2 Å². The van der Waals surface area contributed by atoms with Gasteiger partial charge in [0.05, 0.1) is 13.2 Å². The number of carbonyl (C=O) groups excluding carboxylic acids is 1. The van der Waals surface area contributed by atoms with Gasteiger partial charge in [0.15, 0.2) is 0 Å². The van der Waals surface area contributed by atoms with Crippen molar-refractivity contribution in [3.8, 4) is 10.6 Å². The van der Waals surface area contributed by atoms with Crippen molar-refractivity contribution in [2.75, 3.05) is 39.4 Å². The van der Waals surface area contributed by atoms with E-state index in [2.05, 4.69) is 46.1 Å². The van der Waals surface area contributed by atoms with Gasteiger partial charge in [0, 0.05) is 56.1 Å². The minimum absolute atomic E-state index is 0.0200. The van der Waals surface area contributed by atoms with E-state index in [0.29, 0.717) is 18.8 Å². The van der Waals surface area contributed by atoms with Gasteiger partial charge in [-0.2, -0.15) is 0 Å². The molecule has 3 heterocycles. The lowest BCUT2D eigenvalue weighted by atomic mass is 10.2. The molecule has 4 rings (SSSR count). The van der Waals surface area contributed by atoms with E-state index in [1.54, 1.807) is 12.4 Å². The summed E-state index contributed by atoms with van der Waals surface area (Å²) in [7, 11) is 0. The first kappa shape index (κ1) is 21.6. The van der Waals surface area contributed by atoms with Crippen molar-refractivity contribution < 1.29 is 9.53 Å². The second-order valence-electron chi connectivity index (χ2n) is 7.79. The third kappa shape index (κ3) is 5.97. The van der Waals surface area contributed by atoms with Gasteiger partial charge in [0.25, 0.3) is 5.91 Å². The van der Waals surface area contributed by atoms with Gasteiger partial charge >= 0.3 is 0 Å². The molecule has 0 saturated carbocycles. The topological polar surface area (TPSA) is 58.6 Å². The molecule has 6 nitrogen and oxygen atoms in total. The number of carbonyl (C=O) groups is 1. The number of benzene rings is 1. The van der Waals surface area contributed by atoms with Crippen LogP contribution in [0.1, 0.15) is 28.0 Å². The molecule has 0 spiro atoms. The molecule has 7 heteroatoms. The third-order valence-electron chi connectivity index (χ3n) is 5.44. The van der Waals surface area contributed by atoms with Gasteiger partial charge in [-0.3, -0.25) is 14.7 Å². The zero-order valence-electron chi connectivity index (χ0n) is 17.9. The van der Waals surface area contributed by atoms with E-state index < -0.39 is 0 Å². The summed E-state index contributed by atoms with van der Waals surface area (Å²) in [4.78, 5) is 26.4. The van der Waals surface area contributed by atoms with Crippen molar-refractivity contribution in [2.45, 2.75) is 19.9 Å². The summed E-state index contributed by atoms with van der Waals surface area (Å²) in [6.07, 6.45) is 4.46.